The van der Waals surface area contributed by atoms with Crippen LogP contribution in [0.3, 0.4) is 0 Å². The molecular formula is C19H17NO2. The van der Waals surface area contributed by atoms with Gasteiger partial charge < -0.3 is 5.32 Å². The first-order chi connectivity index (χ1) is 10.7. The van der Waals surface area contributed by atoms with Gasteiger partial charge in [-0.15, -0.1) is 0 Å². The van der Waals surface area contributed by atoms with E-state index in [2.05, 4.69) is 5.32 Å². The zero-order valence-corrected chi connectivity index (χ0v) is 12.3. The standard InChI is InChI=1S/C19H17NO2/c21-18-16-8-4-3-7-14(16)15-10-9-12(11-17(15)18)19(22)20-13-5-1-2-6-13/h3-4,7-11,13H,1-2,5-6H2,(H,20,22). The minimum Gasteiger partial charge on any atom is -0.349 e. The molecule has 2 aromatic rings. The minimum atomic E-state index is -0.0709. The van der Waals surface area contributed by atoms with Gasteiger partial charge in [-0.05, 0) is 36.1 Å². The Morgan fingerprint density at radius 1 is 0.909 bits per heavy atom. The molecule has 0 heterocycles. The van der Waals surface area contributed by atoms with Crippen LogP contribution in [0, 0.1) is 0 Å². The fraction of sp³-hybridized carbons (Fsp3) is 0.263. The number of fused-ring (bicyclic) bond motifs is 3. The molecule has 0 spiro atoms. The van der Waals surface area contributed by atoms with Gasteiger partial charge in [-0.1, -0.05) is 43.2 Å². The van der Waals surface area contributed by atoms with Crippen molar-refractivity contribution in [2.24, 2.45) is 0 Å². The summed E-state index contributed by atoms with van der Waals surface area (Å²) >= 11 is 0. The van der Waals surface area contributed by atoms with Crippen LogP contribution in [0.25, 0.3) is 11.1 Å². The Morgan fingerprint density at radius 2 is 1.59 bits per heavy atom. The van der Waals surface area contributed by atoms with Crippen LogP contribution >= 0.6 is 0 Å². The molecule has 0 unspecified atom stereocenters. The van der Waals surface area contributed by atoms with E-state index in [4.69, 9.17) is 0 Å². The van der Waals surface area contributed by atoms with Gasteiger partial charge in [0.1, 0.15) is 0 Å². The van der Waals surface area contributed by atoms with Gasteiger partial charge in [-0.2, -0.15) is 0 Å². The lowest BCUT2D eigenvalue weighted by atomic mass is 10.0. The number of carbonyl (C=O) groups is 2. The number of hydrogen-bond donors (Lipinski definition) is 1. The largest absolute Gasteiger partial charge is 0.349 e. The molecule has 4 rings (SSSR count). The van der Waals surface area contributed by atoms with E-state index in [-0.39, 0.29) is 17.7 Å². The molecule has 0 bridgehead atoms. The minimum absolute atomic E-state index is 0.0149. The van der Waals surface area contributed by atoms with E-state index in [1.54, 1.807) is 6.07 Å². The first-order valence-corrected chi connectivity index (χ1v) is 7.83. The summed E-state index contributed by atoms with van der Waals surface area (Å²) in [5, 5.41) is 3.07. The van der Waals surface area contributed by atoms with Crippen molar-refractivity contribution in [1.82, 2.24) is 5.32 Å². The molecule has 1 amide bonds. The van der Waals surface area contributed by atoms with Crippen molar-refractivity contribution >= 4 is 11.7 Å². The molecule has 2 aliphatic carbocycles. The number of hydrogen-bond acceptors (Lipinski definition) is 2. The van der Waals surface area contributed by atoms with Crippen molar-refractivity contribution < 1.29 is 9.59 Å². The summed E-state index contributed by atoms with van der Waals surface area (Å²) in [6.07, 6.45) is 4.48. The predicted octanol–water partition coefficient (Wildman–Crippen LogP) is 3.57. The molecule has 1 N–H and O–H groups in total. The topological polar surface area (TPSA) is 46.2 Å². The first kappa shape index (κ1) is 13.3. The average molecular weight is 291 g/mol. The molecular weight excluding hydrogens is 274 g/mol. The van der Waals surface area contributed by atoms with E-state index >= 15 is 0 Å². The average Bonchev–Trinajstić information content (AvgIpc) is 3.15. The maximum atomic E-state index is 12.5. The molecule has 22 heavy (non-hydrogen) atoms. The van der Waals surface area contributed by atoms with Crippen molar-refractivity contribution in [2.75, 3.05) is 0 Å². The monoisotopic (exact) mass is 291 g/mol. The lowest BCUT2D eigenvalue weighted by molar-refractivity contribution is 0.0938. The molecule has 110 valence electrons. The molecule has 3 nitrogen and oxygen atoms in total. The van der Waals surface area contributed by atoms with Gasteiger partial charge in [0.2, 0.25) is 0 Å². The molecule has 0 aromatic heterocycles. The summed E-state index contributed by atoms with van der Waals surface area (Å²) in [5.41, 5.74) is 3.83. The van der Waals surface area contributed by atoms with E-state index in [0.717, 1.165) is 29.5 Å². The summed E-state index contributed by atoms with van der Waals surface area (Å²) in [4.78, 5) is 24.8. The molecule has 0 saturated heterocycles. The van der Waals surface area contributed by atoms with Gasteiger partial charge in [0.05, 0.1) is 0 Å². The van der Waals surface area contributed by atoms with E-state index in [0.29, 0.717) is 11.1 Å². The molecule has 0 atom stereocenters. The van der Waals surface area contributed by atoms with Gasteiger partial charge in [-0.25, -0.2) is 0 Å². The molecule has 1 fully saturated rings. The summed E-state index contributed by atoms with van der Waals surface area (Å²) in [7, 11) is 0. The van der Waals surface area contributed by atoms with Gasteiger partial charge in [0.25, 0.3) is 5.91 Å². The van der Waals surface area contributed by atoms with E-state index in [1.165, 1.54) is 12.8 Å². The molecule has 0 aliphatic heterocycles. The third-order valence-electron chi connectivity index (χ3n) is 4.68. The Balaban J connectivity index is 1.66. The Morgan fingerprint density at radius 3 is 2.36 bits per heavy atom. The predicted molar refractivity (Wildman–Crippen MR) is 85.0 cm³/mol. The van der Waals surface area contributed by atoms with Crippen molar-refractivity contribution in [3.05, 3.63) is 59.2 Å². The van der Waals surface area contributed by atoms with Crippen molar-refractivity contribution in [3.63, 3.8) is 0 Å². The highest BCUT2D eigenvalue weighted by Crippen LogP contribution is 2.36. The normalized spacial score (nSPS) is 16.5. The number of carbonyl (C=O) groups excluding carboxylic acids is 2. The first-order valence-electron chi connectivity index (χ1n) is 7.83. The zero-order chi connectivity index (χ0) is 15.1. The highest BCUT2D eigenvalue weighted by Gasteiger charge is 2.27. The quantitative estimate of drug-likeness (QED) is 0.784. The van der Waals surface area contributed by atoms with Crippen molar-refractivity contribution in [2.45, 2.75) is 31.7 Å². The summed E-state index contributed by atoms with van der Waals surface area (Å²) < 4.78 is 0. The van der Waals surface area contributed by atoms with E-state index in [1.807, 2.05) is 36.4 Å². The van der Waals surface area contributed by atoms with Crippen LogP contribution in [0.5, 0.6) is 0 Å². The van der Waals surface area contributed by atoms with E-state index in [9.17, 15) is 9.59 Å². The Bertz CT molecular complexity index is 773. The maximum absolute atomic E-state index is 12.5. The van der Waals surface area contributed by atoms with Crippen LogP contribution in [0.15, 0.2) is 42.5 Å². The fourth-order valence-electron chi connectivity index (χ4n) is 3.51. The smallest absolute Gasteiger partial charge is 0.251 e. The third kappa shape index (κ3) is 2.05. The Labute approximate surface area is 129 Å². The Kier molecular flexibility index (Phi) is 3.07. The molecule has 1 saturated carbocycles. The zero-order valence-electron chi connectivity index (χ0n) is 12.3. The van der Waals surface area contributed by atoms with Crippen LogP contribution < -0.4 is 5.32 Å². The number of ketones is 1. The van der Waals surface area contributed by atoms with Gasteiger partial charge >= 0.3 is 0 Å². The fourth-order valence-corrected chi connectivity index (χ4v) is 3.51. The van der Waals surface area contributed by atoms with Crippen molar-refractivity contribution in [3.8, 4) is 11.1 Å². The highest BCUT2D eigenvalue weighted by molar-refractivity contribution is 6.22. The van der Waals surface area contributed by atoms with Gasteiger partial charge in [0.15, 0.2) is 5.78 Å². The molecule has 3 heteroatoms. The van der Waals surface area contributed by atoms with Crippen LogP contribution in [0.1, 0.15) is 52.0 Å². The molecule has 2 aliphatic rings. The number of amides is 1. The second-order valence-electron chi connectivity index (χ2n) is 6.09. The molecule has 2 aromatic carbocycles. The van der Waals surface area contributed by atoms with Crippen molar-refractivity contribution in [1.29, 1.82) is 0 Å². The lowest BCUT2D eigenvalue weighted by Gasteiger charge is -2.12. The van der Waals surface area contributed by atoms with Crippen LogP contribution in [-0.4, -0.2) is 17.7 Å². The molecule has 0 radical (unpaired) electrons. The SMILES string of the molecule is O=C(NC1CCCC1)c1ccc2c(c1)C(=O)c1ccccc1-2. The van der Waals surface area contributed by atoms with Crippen LogP contribution in [-0.2, 0) is 0 Å². The highest BCUT2D eigenvalue weighted by atomic mass is 16.1. The summed E-state index contributed by atoms with van der Waals surface area (Å²) in [6.45, 7) is 0. The number of nitrogens with one attached hydrogen (secondary N) is 1. The summed E-state index contributed by atoms with van der Waals surface area (Å²) in [5.74, 6) is -0.0560. The number of benzene rings is 2. The number of rotatable bonds is 2. The third-order valence-corrected chi connectivity index (χ3v) is 4.68. The van der Waals surface area contributed by atoms with E-state index < -0.39 is 0 Å². The maximum Gasteiger partial charge on any atom is 0.251 e. The second-order valence-corrected chi connectivity index (χ2v) is 6.09. The summed E-state index contributed by atoms with van der Waals surface area (Å²) in [6, 6.07) is 13.3. The lowest BCUT2D eigenvalue weighted by Crippen LogP contribution is -2.32. The van der Waals surface area contributed by atoms with Crippen LogP contribution in [0.4, 0.5) is 0 Å². The van der Waals surface area contributed by atoms with Crippen LogP contribution in [0.2, 0.25) is 0 Å². The van der Waals surface area contributed by atoms with Gasteiger partial charge in [0, 0.05) is 22.7 Å². The second kappa shape index (κ2) is 5.09. The Hall–Kier alpha value is -2.42. The van der Waals surface area contributed by atoms with Gasteiger partial charge in [-0.3, -0.25) is 9.59 Å².